The molecule has 8 nitrogen and oxygen atoms in total. The summed E-state index contributed by atoms with van der Waals surface area (Å²) in [6.45, 7) is 6.27. The molecule has 1 aliphatic heterocycles. The highest BCUT2D eigenvalue weighted by atomic mass is 32.2. The summed E-state index contributed by atoms with van der Waals surface area (Å²) in [7, 11) is -1.89. The monoisotopic (exact) mass is 559 g/mol. The van der Waals surface area contributed by atoms with Crippen molar-refractivity contribution in [1.82, 2.24) is 19.2 Å². The standard InChI is InChI=1S/C31H37N5O3S/c1-4-5-10-24-15-17-25(18-16-24)40(37,38)36-21-19-35(20-22-36)23(2)30-32-27-12-7-6-11-26(27)31(34-30)33-28-13-8-9-14-29(28)39-3/h6-9,11-18,23H,4-5,10,19-22H2,1-3H3,(H,32,33,34)/t23-/m1/s1. The number of methoxy groups -OCH3 is 1. The zero-order valence-electron chi connectivity index (χ0n) is 23.4. The van der Waals surface area contributed by atoms with Crippen molar-refractivity contribution < 1.29 is 13.2 Å². The summed E-state index contributed by atoms with van der Waals surface area (Å²) in [6, 6.07) is 22.9. The van der Waals surface area contributed by atoms with Crippen LogP contribution < -0.4 is 10.1 Å². The lowest BCUT2D eigenvalue weighted by Crippen LogP contribution is -2.49. The Morgan fingerprint density at radius 1 is 0.925 bits per heavy atom. The van der Waals surface area contributed by atoms with Gasteiger partial charge in [-0.1, -0.05) is 49.7 Å². The van der Waals surface area contributed by atoms with Gasteiger partial charge in [0.25, 0.3) is 0 Å². The summed E-state index contributed by atoms with van der Waals surface area (Å²) in [5, 5.41) is 4.36. The predicted molar refractivity (Wildman–Crippen MR) is 160 cm³/mol. The van der Waals surface area contributed by atoms with Crippen LogP contribution in [-0.4, -0.2) is 60.9 Å². The number of aromatic nitrogens is 2. The molecule has 0 radical (unpaired) electrons. The van der Waals surface area contributed by atoms with Gasteiger partial charge in [0.2, 0.25) is 10.0 Å². The predicted octanol–water partition coefficient (Wildman–Crippen LogP) is 5.79. The molecule has 5 rings (SSSR count). The molecule has 4 aromatic rings. The van der Waals surface area contributed by atoms with Gasteiger partial charge in [-0.25, -0.2) is 18.4 Å². The summed E-state index contributed by atoms with van der Waals surface area (Å²) in [6.07, 6.45) is 3.19. The molecule has 0 bridgehead atoms. The van der Waals surface area contributed by atoms with Gasteiger partial charge in [-0.05, 0) is 61.7 Å². The molecule has 3 aromatic carbocycles. The third-order valence-corrected chi connectivity index (χ3v) is 9.47. The number of hydrogen-bond acceptors (Lipinski definition) is 7. The Balaban J connectivity index is 1.32. The van der Waals surface area contributed by atoms with Crippen LogP contribution in [0.15, 0.2) is 77.7 Å². The summed E-state index contributed by atoms with van der Waals surface area (Å²) >= 11 is 0. The number of benzene rings is 3. The first kappa shape index (κ1) is 28.0. The lowest BCUT2D eigenvalue weighted by Gasteiger charge is -2.37. The first-order chi connectivity index (χ1) is 19.4. The number of piperazine rings is 1. The number of para-hydroxylation sites is 3. The van der Waals surface area contributed by atoms with Gasteiger partial charge < -0.3 is 10.1 Å². The van der Waals surface area contributed by atoms with Gasteiger partial charge >= 0.3 is 0 Å². The van der Waals surface area contributed by atoms with Gasteiger partial charge in [0.1, 0.15) is 17.4 Å². The molecule has 1 aliphatic rings. The molecule has 1 atom stereocenters. The maximum absolute atomic E-state index is 13.3. The Kier molecular flexibility index (Phi) is 8.63. The zero-order valence-corrected chi connectivity index (χ0v) is 24.2. The lowest BCUT2D eigenvalue weighted by atomic mass is 10.1. The molecule has 1 fully saturated rings. The van der Waals surface area contributed by atoms with Crippen molar-refractivity contribution in [3.8, 4) is 5.75 Å². The Bertz CT molecular complexity index is 1550. The van der Waals surface area contributed by atoms with Crippen molar-refractivity contribution in [2.24, 2.45) is 0 Å². The molecule has 40 heavy (non-hydrogen) atoms. The van der Waals surface area contributed by atoms with Crippen molar-refractivity contribution in [3.05, 3.63) is 84.2 Å². The van der Waals surface area contributed by atoms with E-state index in [0.717, 1.165) is 41.6 Å². The molecule has 1 saturated heterocycles. The van der Waals surface area contributed by atoms with Crippen molar-refractivity contribution in [2.75, 3.05) is 38.6 Å². The zero-order chi connectivity index (χ0) is 28.1. The van der Waals surface area contributed by atoms with Crippen molar-refractivity contribution >= 4 is 32.4 Å². The summed E-state index contributed by atoms with van der Waals surface area (Å²) in [5.74, 6) is 2.13. The van der Waals surface area contributed by atoms with E-state index < -0.39 is 10.0 Å². The van der Waals surface area contributed by atoms with E-state index in [1.165, 1.54) is 5.56 Å². The average molecular weight is 560 g/mol. The minimum atomic E-state index is -3.54. The largest absolute Gasteiger partial charge is 0.495 e. The van der Waals surface area contributed by atoms with E-state index >= 15 is 0 Å². The van der Waals surface area contributed by atoms with Gasteiger partial charge in [-0.15, -0.1) is 0 Å². The topological polar surface area (TPSA) is 87.7 Å². The van der Waals surface area contributed by atoms with Crippen LogP contribution in [0.4, 0.5) is 11.5 Å². The lowest BCUT2D eigenvalue weighted by molar-refractivity contribution is 0.141. The average Bonchev–Trinajstić information content (AvgIpc) is 3.00. The Hall–Kier alpha value is -3.53. The molecule has 2 heterocycles. The Morgan fingerprint density at radius 2 is 1.62 bits per heavy atom. The second-order valence-electron chi connectivity index (χ2n) is 10.1. The minimum absolute atomic E-state index is 0.0921. The van der Waals surface area contributed by atoms with Crippen LogP contribution in [0.5, 0.6) is 5.75 Å². The maximum atomic E-state index is 13.3. The molecular weight excluding hydrogens is 522 g/mol. The Labute approximate surface area is 237 Å². The number of unbranched alkanes of at least 4 members (excludes halogenated alkanes) is 1. The van der Waals surface area contributed by atoms with Crippen molar-refractivity contribution in [2.45, 2.75) is 44.0 Å². The number of ether oxygens (including phenoxy) is 1. The molecule has 0 amide bonds. The Morgan fingerprint density at radius 3 is 2.35 bits per heavy atom. The van der Waals surface area contributed by atoms with Crippen LogP contribution in [0.2, 0.25) is 0 Å². The highest BCUT2D eigenvalue weighted by Crippen LogP contribution is 2.31. The summed E-state index contributed by atoms with van der Waals surface area (Å²) in [5.41, 5.74) is 2.85. The van der Waals surface area contributed by atoms with Crippen LogP contribution in [0.1, 0.15) is 44.1 Å². The molecule has 0 unspecified atom stereocenters. The molecule has 1 aromatic heterocycles. The summed E-state index contributed by atoms with van der Waals surface area (Å²) in [4.78, 5) is 12.4. The number of fused-ring (bicyclic) bond motifs is 1. The van der Waals surface area contributed by atoms with Crippen LogP contribution in [-0.2, 0) is 16.4 Å². The fraction of sp³-hybridized carbons (Fsp3) is 0.355. The first-order valence-electron chi connectivity index (χ1n) is 13.9. The maximum Gasteiger partial charge on any atom is 0.243 e. The van der Waals surface area contributed by atoms with E-state index in [1.807, 2.05) is 60.7 Å². The highest BCUT2D eigenvalue weighted by Gasteiger charge is 2.31. The summed E-state index contributed by atoms with van der Waals surface area (Å²) < 4.78 is 33.8. The fourth-order valence-corrected chi connectivity index (χ4v) is 6.53. The molecular formula is C31H37N5O3S. The molecule has 210 valence electrons. The van der Waals surface area contributed by atoms with E-state index in [9.17, 15) is 8.42 Å². The van der Waals surface area contributed by atoms with E-state index in [0.29, 0.717) is 42.7 Å². The number of hydrogen-bond donors (Lipinski definition) is 1. The molecule has 9 heteroatoms. The third-order valence-electron chi connectivity index (χ3n) is 7.56. The number of nitrogens with zero attached hydrogens (tertiary/aromatic N) is 4. The highest BCUT2D eigenvalue weighted by molar-refractivity contribution is 7.89. The minimum Gasteiger partial charge on any atom is -0.495 e. The van der Waals surface area contributed by atoms with Crippen molar-refractivity contribution in [3.63, 3.8) is 0 Å². The fourth-order valence-electron chi connectivity index (χ4n) is 5.10. The smallest absolute Gasteiger partial charge is 0.243 e. The van der Waals surface area contributed by atoms with Gasteiger partial charge in [-0.3, -0.25) is 4.90 Å². The third kappa shape index (κ3) is 5.96. The van der Waals surface area contributed by atoms with Crippen LogP contribution in [0, 0.1) is 0 Å². The second-order valence-corrected chi connectivity index (χ2v) is 12.1. The van der Waals surface area contributed by atoms with Crippen LogP contribution in [0.25, 0.3) is 10.9 Å². The number of nitrogens with one attached hydrogen (secondary N) is 1. The number of rotatable bonds is 10. The molecule has 1 N–H and O–H groups in total. The molecule has 0 spiro atoms. The van der Waals surface area contributed by atoms with Gasteiger partial charge in [0.15, 0.2) is 0 Å². The van der Waals surface area contributed by atoms with E-state index in [-0.39, 0.29) is 6.04 Å². The SMILES string of the molecule is CCCCc1ccc(S(=O)(=O)N2CCN([C@H](C)c3nc(Nc4ccccc4OC)c4ccccc4n3)CC2)cc1. The number of anilines is 2. The molecule has 0 saturated carbocycles. The van der Waals surface area contributed by atoms with Crippen LogP contribution in [0.3, 0.4) is 0 Å². The van der Waals surface area contributed by atoms with Gasteiger partial charge in [0.05, 0.1) is 29.3 Å². The normalized spacial score (nSPS) is 15.7. The molecule has 0 aliphatic carbocycles. The van der Waals surface area contributed by atoms with Gasteiger partial charge in [-0.2, -0.15) is 4.31 Å². The van der Waals surface area contributed by atoms with E-state index in [1.54, 1.807) is 23.5 Å². The van der Waals surface area contributed by atoms with Crippen LogP contribution >= 0.6 is 0 Å². The number of sulfonamides is 1. The van der Waals surface area contributed by atoms with Crippen molar-refractivity contribution in [1.29, 1.82) is 0 Å². The second kappa shape index (κ2) is 12.3. The number of aryl methyl sites for hydroxylation is 1. The van der Waals surface area contributed by atoms with E-state index in [4.69, 9.17) is 14.7 Å². The van der Waals surface area contributed by atoms with Gasteiger partial charge in [0, 0.05) is 31.6 Å². The quantitative estimate of drug-likeness (QED) is 0.263. The van der Waals surface area contributed by atoms with E-state index in [2.05, 4.69) is 24.1 Å². The first-order valence-corrected chi connectivity index (χ1v) is 15.3.